The van der Waals surface area contributed by atoms with E-state index < -0.39 is 0 Å². The molecule has 2 heteroatoms. The second-order valence-electron chi connectivity index (χ2n) is 6.14. The van der Waals surface area contributed by atoms with Gasteiger partial charge in [0.2, 0.25) is 0 Å². The van der Waals surface area contributed by atoms with Gasteiger partial charge >= 0.3 is 0 Å². The van der Waals surface area contributed by atoms with E-state index in [1.54, 1.807) is 12.3 Å². The first-order chi connectivity index (χ1) is 11.0. The molecule has 2 rings (SSSR count). The molecule has 0 saturated heterocycles. The van der Waals surface area contributed by atoms with Gasteiger partial charge in [-0.3, -0.25) is 0 Å². The van der Waals surface area contributed by atoms with Crippen LogP contribution in [-0.2, 0) is 4.74 Å². The third kappa shape index (κ3) is 4.75. The number of aliphatic hydroxyl groups excluding tert-OH is 1. The molecule has 2 aromatic rings. The summed E-state index contributed by atoms with van der Waals surface area (Å²) in [7, 11) is 0. The predicted octanol–water partition coefficient (Wildman–Crippen LogP) is 5.78. The fourth-order valence-electron chi connectivity index (χ4n) is 2.34. The van der Waals surface area contributed by atoms with E-state index >= 15 is 0 Å². The maximum atomic E-state index is 8.81. The first kappa shape index (κ1) is 16.9. The summed E-state index contributed by atoms with van der Waals surface area (Å²) in [6, 6.07) is 18.2. The maximum absolute atomic E-state index is 8.81. The van der Waals surface area contributed by atoms with Crippen LogP contribution < -0.4 is 0 Å². The van der Waals surface area contributed by atoms with Gasteiger partial charge in [-0.25, -0.2) is 0 Å². The van der Waals surface area contributed by atoms with E-state index in [1.807, 2.05) is 48.5 Å². The van der Waals surface area contributed by atoms with Crippen molar-refractivity contribution in [2.75, 3.05) is 0 Å². The predicted molar refractivity (Wildman–Crippen MR) is 97.2 cm³/mol. The first-order valence-corrected chi connectivity index (χ1v) is 7.83. The number of benzene rings is 2. The monoisotopic (exact) mass is 308 g/mol. The van der Waals surface area contributed by atoms with Crippen molar-refractivity contribution < 1.29 is 9.84 Å². The van der Waals surface area contributed by atoms with Gasteiger partial charge in [0.05, 0.1) is 12.5 Å². The van der Waals surface area contributed by atoms with E-state index in [-0.39, 0.29) is 11.5 Å². The van der Waals surface area contributed by atoms with Crippen LogP contribution >= 0.6 is 0 Å². The second kappa shape index (κ2) is 7.68. The van der Waals surface area contributed by atoms with Gasteiger partial charge in [0.1, 0.15) is 5.60 Å². The average molecular weight is 308 g/mol. The lowest BCUT2D eigenvalue weighted by Crippen LogP contribution is -2.29. The fraction of sp³-hybridized carbons (Fsp3) is 0.238. The lowest BCUT2D eigenvalue weighted by Gasteiger charge is -2.31. The summed E-state index contributed by atoms with van der Waals surface area (Å²) in [6.07, 6.45) is 6.47. The molecular formula is C21H24O2. The molecule has 0 bridgehead atoms. The summed E-state index contributed by atoms with van der Waals surface area (Å²) in [6.45, 7) is 6.34. The summed E-state index contributed by atoms with van der Waals surface area (Å²) in [4.78, 5) is 0. The summed E-state index contributed by atoms with van der Waals surface area (Å²) < 4.78 is 5.99. The standard InChI is InChI=1S/C21H24O2/c1-17(20-11-9-19(10-12-20)13-15-22)21(2,3)23-16-14-18-7-5-4-6-8-18/h4-17,22H,1-3H3. The molecule has 0 radical (unpaired) electrons. The number of aliphatic hydroxyl groups is 1. The van der Waals surface area contributed by atoms with Crippen LogP contribution in [0.1, 0.15) is 43.4 Å². The van der Waals surface area contributed by atoms with Crippen LogP contribution in [0.4, 0.5) is 0 Å². The third-order valence-electron chi connectivity index (χ3n) is 4.18. The molecule has 0 fully saturated rings. The first-order valence-electron chi connectivity index (χ1n) is 7.83. The molecule has 23 heavy (non-hydrogen) atoms. The quantitative estimate of drug-likeness (QED) is 0.685. The van der Waals surface area contributed by atoms with Crippen molar-refractivity contribution in [1.82, 2.24) is 0 Å². The fourth-order valence-corrected chi connectivity index (χ4v) is 2.34. The van der Waals surface area contributed by atoms with E-state index in [1.165, 1.54) is 5.56 Å². The van der Waals surface area contributed by atoms with Gasteiger partial charge in [0.15, 0.2) is 0 Å². The Bertz CT molecular complexity index is 652. The Hall–Kier alpha value is -2.48. The van der Waals surface area contributed by atoms with E-state index in [0.29, 0.717) is 0 Å². The van der Waals surface area contributed by atoms with Gasteiger partial charge in [-0.1, -0.05) is 61.5 Å². The van der Waals surface area contributed by atoms with Crippen LogP contribution in [0.5, 0.6) is 0 Å². The topological polar surface area (TPSA) is 29.5 Å². The molecule has 0 aliphatic rings. The lowest BCUT2D eigenvalue weighted by atomic mass is 9.86. The zero-order chi connectivity index (χ0) is 16.7. The third-order valence-corrected chi connectivity index (χ3v) is 4.18. The summed E-state index contributed by atoms with van der Waals surface area (Å²) in [5.74, 6) is 0.232. The molecule has 1 N–H and O–H groups in total. The van der Waals surface area contributed by atoms with Crippen molar-refractivity contribution in [3.63, 3.8) is 0 Å². The molecule has 0 aromatic heterocycles. The Morgan fingerprint density at radius 1 is 0.913 bits per heavy atom. The Kier molecular flexibility index (Phi) is 5.64. The minimum Gasteiger partial charge on any atom is -0.516 e. The zero-order valence-electron chi connectivity index (χ0n) is 13.9. The molecule has 2 nitrogen and oxygen atoms in total. The second-order valence-corrected chi connectivity index (χ2v) is 6.14. The van der Waals surface area contributed by atoms with E-state index in [2.05, 4.69) is 32.9 Å². The van der Waals surface area contributed by atoms with Crippen molar-refractivity contribution in [3.05, 3.63) is 83.8 Å². The van der Waals surface area contributed by atoms with Crippen LogP contribution in [0, 0.1) is 0 Å². The summed E-state index contributed by atoms with van der Waals surface area (Å²) in [5.41, 5.74) is 2.99. The molecule has 120 valence electrons. The molecule has 1 atom stereocenters. The molecular weight excluding hydrogens is 284 g/mol. The lowest BCUT2D eigenvalue weighted by molar-refractivity contribution is 0.0372. The highest BCUT2D eigenvalue weighted by Gasteiger charge is 2.27. The highest BCUT2D eigenvalue weighted by molar-refractivity contribution is 5.49. The van der Waals surface area contributed by atoms with Gasteiger partial charge in [-0.2, -0.15) is 0 Å². The van der Waals surface area contributed by atoms with E-state index in [9.17, 15) is 0 Å². The van der Waals surface area contributed by atoms with Gasteiger partial charge < -0.3 is 9.84 Å². The van der Waals surface area contributed by atoms with Crippen LogP contribution in [0.2, 0.25) is 0 Å². The molecule has 2 aromatic carbocycles. The van der Waals surface area contributed by atoms with Gasteiger partial charge in [0.25, 0.3) is 0 Å². The van der Waals surface area contributed by atoms with E-state index in [4.69, 9.17) is 9.84 Å². The van der Waals surface area contributed by atoms with Gasteiger partial charge in [-0.05, 0) is 42.7 Å². The van der Waals surface area contributed by atoms with Crippen LogP contribution in [0.15, 0.2) is 67.1 Å². The molecule has 0 spiro atoms. The van der Waals surface area contributed by atoms with Gasteiger partial charge in [-0.15, -0.1) is 0 Å². The molecule has 0 heterocycles. The number of hydrogen-bond acceptors (Lipinski definition) is 2. The maximum Gasteiger partial charge on any atom is 0.109 e. The van der Waals surface area contributed by atoms with Crippen molar-refractivity contribution >= 4 is 12.2 Å². The number of rotatable bonds is 6. The van der Waals surface area contributed by atoms with Crippen molar-refractivity contribution in [2.24, 2.45) is 0 Å². The minimum atomic E-state index is -0.320. The highest BCUT2D eigenvalue weighted by atomic mass is 16.5. The van der Waals surface area contributed by atoms with Crippen LogP contribution in [0.3, 0.4) is 0 Å². The van der Waals surface area contributed by atoms with Crippen molar-refractivity contribution in [2.45, 2.75) is 32.3 Å². The summed E-state index contributed by atoms with van der Waals surface area (Å²) >= 11 is 0. The Labute approximate surface area is 138 Å². The minimum absolute atomic E-state index is 0.232. The zero-order valence-corrected chi connectivity index (χ0v) is 13.9. The molecule has 0 saturated carbocycles. The van der Waals surface area contributed by atoms with Crippen molar-refractivity contribution in [1.29, 1.82) is 0 Å². The molecule has 0 aliphatic carbocycles. The number of ether oxygens (including phenoxy) is 1. The SMILES string of the molecule is CC(c1ccc(C=CO)cc1)C(C)(C)OC=Cc1ccccc1. The van der Waals surface area contributed by atoms with Crippen LogP contribution in [0.25, 0.3) is 12.2 Å². The van der Waals surface area contributed by atoms with Crippen LogP contribution in [-0.4, -0.2) is 10.7 Å². The largest absolute Gasteiger partial charge is 0.516 e. The highest BCUT2D eigenvalue weighted by Crippen LogP contribution is 2.31. The van der Waals surface area contributed by atoms with Crippen molar-refractivity contribution in [3.8, 4) is 0 Å². The Morgan fingerprint density at radius 2 is 1.52 bits per heavy atom. The normalized spacial score (nSPS) is 13.5. The smallest absolute Gasteiger partial charge is 0.109 e. The molecule has 0 aliphatic heterocycles. The Balaban J connectivity index is 2.04. The van der Waals surface area contributed by atoms with Gasteiger partial charge in [0, 0.05) is 5.92 Å². The number of hydrogen-bond donors (Lipinski definition) is 1. The Morgan fingerprint density at radius 3 is 2.13 bits per heavy atom. The van der Waals surface area contributed by atoms with E-state index in [0.717, 1.165) is 17.4 Å². The average Bonchev–Trinajstić information content (AvgIpc) is 2.56. The summed E-state index contributed by atoms with van der Waals surface area (Å²) in [5, 5.41) is 8.81. The molecule has 1 unspecified atom stereocenters. The molecule has 0 amide bonds.